The van der Waals surface area contributed by atoms with Crippen LogP contribution in [-0.2, 0) is 0 Å². The summed E-state index contributed by atoms with van der Waals surface area (Å²) in [5.74, 6) is 0.315. The van der Waals surface area contributed by atoms with Crippen molar-refractivity contribution in [3.8, 4) is 10.7 Å². The second kappa shape index (κ2) is 6.95. The number of rotatable bonds is 4. The smallest absolute Gasteiger partial charge is 0.206 e. The number of aliphatic hydroxyl groups is 1. The minimum absolute atomic E-state index is 0.240. The highest BCUT2D eigenvalue weighted by Gasteiger charge is 2.24. The molecule has 2 N–H and O–H groups in total. The van der Waals surface area contributed by atoms with Crippen molar-refractivity contribution in [3.05, 3.63) is 24.4 Å². The van der Waals surface area contributed by atoms with Crippen LogP contribution in [0.2, 0.25) is 0 Å². The van der Waals surface area contributed by atoms with Crippen LogP contribution in [0.4, 0.5) is 5.13 Å². The number of hydrogen-bond donors (Lipinski definition) is 2. The minimum atomic E-state index is 0.240. The van der Waals surface area contributed by atoms with Crippen LogP contribution in [-0.4, -0.2) is 32.9 Å². The third-order valence-corrected chi connectivity index (χ3v) is 4.89. The van der Waals surface area contributed by atoms with Gasteiger partial charge in [-0.1, -0.05) is 36.7 Å². The molecule has 2 aromatic heterocycles. The van der Waals surface area contributed by atoms with Gasteiger partial charge in [0, 0.05) is 24.8 Å². The first-order valence-electron chi connectivity index (χ1n) is 7.49. The molecule has 0 aromatic carbocycles. The van der Waals surface area contributed by atoms with Crippen LogP contribution in [0.1, 0.15) is 32.1 Å². The Hall–Kier alpha value is -1.53. The first-order valence-corrected chi connectivity index (χ1v) is 8.31. The van der Waals surface area contributed by atoms with Gasteiger partial charge in [-0.25, -0.2) is 0 Å². The Morgan fingerprint density at radius 1 is 1.19 bits per heavy atom. The number of aromatic nitrogens is 3. The molecule has 1 aliphatic rings. The van der Waals surface area contributed by atoms with E-state index in [2.05, 4.69) is 20.5 Å². The molecule has 5 nitrogen and oxygen atoms in total. The van der Waals surface area contributed by atoms with Crippen molar-refractivity contribution in [2.75, 3.05) is 11.9 Å². The van der Waals surface area contributed by atoms with Crippen LogP contribution >= 0.6 is 11.3 Å². The van der Waals surface area contributed by atoms with Crippen LogP contribution < -0.4 is 5.32 Å². The predicted octanol–water partition coefficient (Wildman–Crippen LogP) is 2.95. The fraction of sp³-hybridized carbons (Fsp3) is 0.533. The van der Waals surface area contributed by atoms with E-state index in [4.69, 9.17) is 0 Å². The van der Waals surface area contributed by atoms with Crippen molar-refractivity contribution >= 4 is 16.5 Å². The Bertz CT molecular complexity index is 560. The maximum absolute atomic E-state index is 9.57. The van der Waals surface area contributed by atoms with Gasteiger partial charge in [-0.05, 0) is 25.0 Å². The monoisotopic (exact) mass is 304 g/mol. The molecule has 0 spiro atoms. The standard InChI is InChI=1S/C15H20N4OS/c20-10-11-6-2-1-3-7-12(11)17-15-19-18-14(21-15)13-8-4-5-9-16-13/h4-5,8-9,11-12,20H,1-3,6-7,10H2,(H,17,19). The molecule has 21 heavy (non-hydrogen) atoms. The van der Waals surface area contributed by atoms with Gasteiger partial charge in [0.15, 0.2) is 5.01 Å². The molecule has 2 unspecified atom stereocenters. The molecule has 0 saturated heterocycles. The summed E-state index contributed by atoms with van der Waals surface area (Å²) in [7, 11) is 0. The summed E-state index contributed by atoms with van der Waals surface area (Å²) < 4.78 is 0. The lowest BCUT2D eigenvalue weighted by Gasteiger charge is -2.23. The zero-order chi connectivity index (χ0) is 14.5. The molecule has 1 aliphatic carbocycles. The van der Waals surface area contributed by atoms with Gasteiger partial charge in [0.1, 0.15) is 5.69 Å². The molecular formula is C15H20N4OS. The zero-order valence-electron chi connectivity index (χ0n) is 11.9. The van der Waals surface area contributed by atoms with E-state index in [9.17, 15) is 5.11 Å². The molecule has 0 bridgehead atoms. The predicted molar refractivity (Wildman–Crippen MR) is 84.2 cm³/mol. The second-order valence-electron chi connectivity index (χ2n) is 5.46. The van der Waals surface area contributed by atoms with E-state index in [0.29, 0.717) is 12.0 Å². The zero-order valence-corrected chi connectivity index (χ0v) is 12.7. The van der Waals surface area contributed by atoms with Gasteiger partial charge in [-0.2, -0.15) is 0 Å². The van der Waals surface area contributed by atoms with Gasteiger partial charge < -0.3 is 10.4 Å². The average Bonchev–Trinajstić information content (AvgIpc) is 2.88. The van der Waals surface area contributed by atoms with E-state index < -0.39 is 0 Å². The van der Waals surface area contributed by atoms with Crippen LogP contribution in [0.5, 0.6) is 0 Å². The van der Waals surface area contributed by atoms with Crippen LogP contribution in [0.3, 0.4) is 0 Å². The van der Waals surface area contributed by atoms with Gasteiger partial charge in [0.2, 0.25) is 5.13 Å². The molecular weight excluding hydrogens is 284 g/mol. The Morgan fingerprint density at radius 2 is 2.10 bits per heavy atom. The summed E-state index contributed by atoms with van der Waals surface area (Å²) in [6.07, 6.45) is 7.60. The lowest BCUT2D eigenvalue weighted by molar-refractivity contribution is 0.203. The Kier molecular flexibility index (Phi) is 4.77. The summed E-state index contributed by atoms with van der Waals surface area (Å²) in [5, 5.41) is 23.1. The topological polar surface area (TPSA) is 70.9 Å². The van der Waals surface area contributed by atoms with Crippen LogP contribution in [0, 0.1) is 5.92 Å². The first kappa shape index (κ1) is 14.4. The Labute approximate surface area is 128 Å². The van der Waals surface area contributed by atoms with Crippen molar-refractivity contribution in [2.45, 2.75) is 38.1 Å². The number of aliphatic hydroxyl groups excluding tert-OH is 1. The Balaban J connectivity index is 1.71. The summed E-state index contributed by atoms with van der Waals surface area (Å²) >= 11 is 1.52. The lowest BCUT2D eigenvalue weighted by Crippen LogP contribution is -2.30. The van der Waals surface area contributed by atoms with E-state index >= 15 is 0 Å². The van der Waals surface area contributed by atoms with Crippen LogP contribution in [0.25, 0.3) is 10.7 Å². The van der Waals surface area contributed by atoms with Gasteiger partial charge in [-0.3, -0.25) is 4.98 Å². The molecule has 2 heterocycles. The largest absolute Gasteiger partial charge is 0.396 e. The third-order valence-electron chi connectivity index (χ3n) is 4.01. The number of nitrogens with zero attached hydrogens (tertiary/aromatic N) is 3. The molecule has 0 amide bonds. The SMILES string of the molecule is OCC1CCCCCC1Nc1nnc(-c2ccccn2)s1. The number of nitrogens with one attached hydrogen (secondary N) is 1. The quantitative estimate of drug-likeness (QED) is 0.850. The van der Waals surface area contributed by atoms with Gasteiger partial charge in [0.25, 0.3) is 0 Å². The first-order chi connectivity index (χ1) is 10.4. The second-order valence-corrected chi connectivity index (χ2v) is 6.44. The van der Waals surface area contributed by atoms with Gasteiger partial charge in [-0.15, -0.1) is 10.2 Å². The molecule has 2 aromatic rings. The molecule has 1 saturated carbocycles. The minimum Gasteiger partial charge on any atom is -0.396 e. The van der Waals surface area contributed by atoms with E-state index in [1.165, 1.54) is 30.6 Å². The Morgan fingerprint density at radius 3 is 2.90 bits per heavy atom. The highest BCUT2D eigenvalue weighted by molar-refractivity contribution is 7.18. The summed E-state index contributed by atoms with van der Waals surface area (Å²) in [5.41, 5.74) is 0.850. The van der Waals surface area contributed by atoms with Gasteiger partial charge >= 0.3 is 0 Å². The van der Waals surface area contributed by atoms with Crippen molar-refractivity contribution in [3.63, 3.8) is 0 Å². The average molecular weight is 304 g/mol. The highest BCUT2D eigenvalue weighted by Crippen LogP contribution is 2.29. The van der Waals surface area contributed by atoms with E-state index in [1.807, 2.05) is 18.2 Å². The van der Waals surface area contributed by atoms with Crippen molar-refractivity contribution < 1.29 is 5.11 Å². The molecule has 0 radical (unpaired) electrons. The molecule has 112 valence electrons. The van der Waals surface area contributed by atoms with Crippen molar-refractivity contribution in [1.82, 2.24) is 15.2 Å². The van der Waals surface area contributed by atoms with Crippen LogP contribution in [0.15, 0.2) is 24.4 Å². The lowest BCUT2D eigenvalue weighted by atomic mass is 9.96. The highest BCUT2D eigenvalue weighted by atomic mass is 32.1. The van der Waals surface area contributed by atoms with Crippen molar-refractivity contribution in [2.24, 2.45) is 5.92 Å². The van der Waals surface area contributed by atoms with E-state index in [1.54, 1.807) is 6.20 Å². The molecule has 0 aliphatic heterocycles. The number of hydrogen-bond acceptors (Lipinski definition) is 6. The number of pyridine rings is 1. The maximum atomic E-state index is 9.57. The van der Waals surface area contributed by atoms with E-state index in [-0.39, 0.29) is 6.61 Å². The normalized spacial score (nSPS) is 22.7. The molecule has 6 heteroatoms. The van der Waals surface area contributed by atoms with Crippen molar-refractivity contribution in [1.29, 1.82) is 0 Å². The van der Waals surface area contributed by atoms with E-state index in [0.717, 1.165) is 28.7 Å². The summed E-state index contributed by atoms with van der Waals surface area (Å²) in [4.78, 5) is 4.30. The maximum Gasteiger partial charge on any atom is 0.206 e. The fourth-order valence-electron chi connectivity index (χ4n) is 2.83. The summed E-state index contributed by atoms with van der Waals surface area (Å²) in [6, 6.07) is 6.07. The molecule has 2 atom stereocenters. The third kappa shape index (κ3) is 3.57. The number of anilines is 1. The fourth-order valence-corrected chi connectivity index (χ4v) is 3.61. The molecule has 1 fully saturated rings. The molecule has 3 rings (SSSR count). The van der Waals surface area contributed by atoms with Gasteiger partial charge in [0.05, 0.1) is 0 Å². The summed E-state index contributed by atoms with van der Waals surface area (Å²) in [6.45, 7) is 0.240.